The summed E-state index contributed by atoms with van der Waals surface area (Å²) in [5.41, 5.74) is 1.79. The number of aromatic hydroxyl groups is 1. The van der Waals surface area contributed by atoms with Crippen molar-refractivity contribution in [1.29, 1.82) is 0 Å². The SMILES string of the molecule is Oc1cccc2c(NCc3ccc(F)c(Cl)c3)cccc12. The Balaban J connectivity index is 1.88. The monoisotopic (exact) mass is 301 g/mol. The van der Waals surface area contributed by atoms with Crippen LogP contribution in [0.4, 0.5) is 10.1 Å². The molecule has 0 aliphatic carbocycles. The molecule has 0 bridgehead atoms. The highest BCUT2D eigenvalue weighted by Gasteiger charge is 2.05. The average molecular weight is 302 g/mol. The summed E-state index contributed by atoms with van der Waals surface area (Å²) in [6, 6.07) is 15.7. The number of phenolic OH excluding ortho intramolecular Hbond substituents is 1. The number of hydrogen-bond donors (Lipinski definition) is 2. The van der Waals surface area contributed by atoms with Crippen LogP contribution in [0.5, 0.6) is 5.75 Å². The zero-order valence-corrected chi connectivity index (χ0v) is 11.9. The third-order valence-corrected chi connectivity index (χ3v) is 3.66. The molecule has 0 saturated heterocycles. The maximum atomic E-state index is 13.1. The van der Waals surface area contributed by atoms with Gasteiger partial charge in [0.15, 0.2) is 0 Å². The fraction of sp³-hybridized carbons (Fsp3) is 0.0588. The van der Waals surface area contributed by atoms with E-state index in [1.165, 1.54) is 6.07 Å². The Morgan fingerprint density at radius 2 is 1.76 bits per heavy atom. The van der Waals surface area contributed by atoms with Crippen molar-refractivity contribution in [2.24, 2.45) is 0 Å². The second-order valence-corrected chi connectivity index (χ2v) is 5.19. The van der Waals surface area contributed by atoms with Gasteiger partial charge in [0.1, 0.15) is 11.6 Å². The van der Waals surface area contributed by atoms with E-state index < -0.39 is 5.82 Å². The van der Waals surface area contributed by atoms with Gasteiger partial charge in [-0.1, -0.05) is 41.9 Å². The Morgan fingerprint density at radius 1 is 1.00 bits per heavy atom. The van der Waals surface area contributed by atoms with Gasteiger partial charge in [-0.2, -0.15) is 0 Å². The summed E-state index contributed by atoms with van der Waals surface area (Å²) < 4.78 is 13.1. The average Bonchev–Trinajstić information content (AvgIpc) is 2.49. The van der Waals surface area contributed by atoms with Gasteiger partial charge in [-0.15, -0.1) is 0 Å². The minimum Gasteiger partial charge on any atom is -0.507 e. The normalized spacial score (nSPS) is 10.8. The van der Waals surface area contributed by atoms with Crippen LogP contribution in [0.15, 0.2) is 54.6 Å². The van der Waals surface area contributed by atoms with Gasteiger partial charge >= 0.3 is 0 Å². The molecule has 2 N–H and O–H groups in total. The van der Waals surface area contributed by atoms with E-state index in [4.69, 9.17) is 11.6 Å². The van der Waals surface area contributed by atoms with Crippen LogP contribution in [0.2, 0.25) is 5.02 Å². The van der Waals surface area contributed by atoms with Gasteiger partial charge in [0, 0.05) is 23.0 Å². The molecule has 0 saturated carbocycles. The van der Waals surface area contributed by atoms with Crippen molar-refractivity contribution in [3.63, 3.8) is 0 Å². The molecule has 0 spiro atoms. The highest BCUT2D eigenvalue weighted by Crippen LogP contribution is 2.30. The summed E-state index contributed by atoms with van der Waals surface area (Å²) in [5, 5.41) is 15.0. The molecule has 4 heteroatoms. The second-order valence-electron chi connectivity index (χ2n) is 4.78. The minimum absolute atomic E-state index is 0.116. The predicted octanol–water partition coefficient (Wildman–Crippen LogP) is 4.95. The third kappa shape index (κ3) is 2.78. The Bertz CT molecular complexity index is 804. The first kappa shape index (κ1) is 13.7. The maximum Gasteiger partial charge on any atom is 0.141 e. The third-order valence-electron chi connectivity index (χ3n) is 3.37. The lowest BCUT2D eigenvalue weighted by Gasteiger charge is -2.11. The van der Waals surface area contributed by atoms with Gasteiger partial charge in [0.25, 0.3) is 0 Å². The molecule has 3 aromatic carbocycles. The molecular formula is C17H13ClFNO. The number of rotatable bonds is 3. The van der Waals surface area contributed by atoms with E-state index in [0.29, 0.717) is 6.54 Å². The topological polar surface area (TPSA) is 32.3 Å². The molecule has 3 rings (SSSR count). The first-order valence-electron chi connectivity index (χ1n) is 6.53. The number of hydrogen-bond acceptors (Lipinski definition) is 2. The summed E-state index contributed by atoms with van der Waals surface area (Å²) in [5.74, 6) is -0.170. The van der Waals surface area contributed by atoms with Gasteiger partial charge in [-0.05, 0) is 29.8 Å². The van der Waals surface area contributed by atoms with Crippen molar-refractivity contribution in [3.05, 3.63) is 71.0 Å². The Labute approximate surface area is 126 Å². The molecule has 0 aliphatic rings. The van der Waals surface area contributed by atoms with Gasteiger partial charge in [-0.3, -0.25) is 0 Å². The fourth-order valence-corrected chi connectivity index (χ4v) is 2.50. The van der Waals surface area contributed by atoms with Crippen LogP contribution in [0.3, 0.4) is 0 Å². The Hall–Kier alpha value is -2.26. The second kappa shape index (κ2) is 5.62. The standard InChI is InChI=1S/C17H13ClFNO/c18-14-9-11(7-8-15(14)19)10-20-16-5-1-4-13-12(16)3-2-6-17(13)21/h1-9,20-21H,10H2. The lowest BCUT2D eigenvalue weighted by atomic mass is 10.1. The molecule has 0 radical (unpaired) electrons. The molecule has 0 amide bonds. The summed E-state index contributed by atoms with van der Waals surface area (Å²) in [4.78, 5) is 0. The molecule has 0 atom stereocenters. The van der Waals surface area contributed by atoms with Crippen LogP contribution in [0, 0.1) is 5.82 Å². The summed E-state index contributed by atoms with van der Waals surface area (Å²) >= 11 is 5.78. The van der Waals surface area contributed by atoms with Crippen LogP contribution < -0.4 is 5.32 Å². The first-order valence-corrected chi connectivity index (χ1v) is 6.91. The fourth-order valence-electron chi connectivity index (χ4n) is 2.29. The predicted molar refractivity (Wildman–Crippen MR) is 84.3 cm³/mol. The molecular weight excluding hydrogens is 289 g/mol. The van der Waals surface area contributed by atoms with Gasteiger partial charge < -0.3 is 10.4 Å². The van der Waals surface area contributed by atoms with Crippen LogP contribution >= 0.6 is 11.6 Å². The van der Waals surface area contributed by atoms with Crippen molar-refractivity contribution < 1.29 is 9.50 Å². The molecule has 2 nitrogen and oxygen atoms in total. The van der Waals surface area contributed by atoms with E-state index in [2.05, 4.69) is 5.32 Å². The van der Waals surface area contributed by atoms with Crippen LogP contribution in [-0.2, 0) is 6.54 Å². The van der Waals surface area contributed by atoms with E-state index in [1.807, 2.05) is 24.3 Å². The maximum absolute atomic E-state index is 13.1. The summed E-state index contributed by atoms with van der Waals surface area (Å²) in [6.07, 6.45) is 0. The molecule has 0 aliphatic heterocycles. The van der Waals surface area contributed by atoms with Gasteiger partial charge in [-0.25, -0.2) is 4.39 Å². The van der Waals surface area contributed by atoms with Gasteiger partial charge in [0.05, 0.1) is 5.02 Å². The van der Waals surface area contributed by atoms with E-state index >= 15 is 0 Å². The van der Waals surface area contributed by atoms with E-state index in [0.717, 1.165) is 22.0 Å². The number of phenols is 1. The van der Waals surface area contributed by atoms with Crippen molar-refractivity contribution in [1.82, 2.24) is 0 Å². The molecule has 3 aromatic rings. The molecule has 0 heterocycles. The van der Waals surface area contributed by atoms with Crippen LogP contribution in [0.25, 0.3) is 10.8 Å². The Kier molecular flexibility index (Phi) is 3.67. The number of anilines is 1. The quantitative estimate of drug-likeness (QED) is 0.717. The lowest BCUT2D eigenvalue weighted by Crippen LogP contribution is -2.00. The lowest BCUT2D eigenvalue weighted by molar-refractivity contribution is 0.481. The molecule has 0 unspecified atom stereocenters. The van der Waals surface area contributed by atoms with Crippen molar-refractivity contribution in [2.45, 2.75) is 6.54 Å². The number of nitrogens with one attached hydrogen (secondary N) is 1. The summed E-state index contributed by atoms with van der Waals surface area (Å²) in [7, 11) is 0. The van der Waals surface area contributed by atoms with Crippen LogP contribution in [0.1, 0.15) is 5.56 Å². The van der Waals surface area contributed by atoms with Crippen molar-refractivity contribution >= 4 is 28.1 Å². The zero-order chi connectivity index (χ0) is 14.8. The number of benzene rings is 3. The molecule has 106 valence electrons. The molecule has 0 aromatic heterocycles. The van der Waals surface area contributed by atoms with Crippen molar-refractivity contribution in [2.75, 3.05) is 5.32 Å². The number of fused-ring (bicyclic) bond motifs is 1. The van der Waals surface area contributed by atoms with Crippen molar-refractivity contribution in [3.8, 4) is 5.75 Å². The van der Waals surface area contributed by atoms with E-state index in [1.54, 1.807) is 24.3 Å². The summed E-state index contributed by atoms with van der Waals surface area (Å²) in [6.45, 7) is 0.523. The zero-order valence-electron chi connectivity index (χ0n) is 11.1. The largest absolute Gasteiger partial charge is 0.507 e. The van der Waals surface area contributed by atoms with Crippen LogP contribution in [-0.4, -0.2) is 5.11 Å². The number of halogens is 2. The van der Waals surface area contributed by atoms with E-state index in [-0.39, 0.29) is 10.8 Å². The highest BCUT2D eigenvalue weighted by molar-refractivity contribution is 6.30. The Morgan fingerprint density at radius 3 is 2.57 bits per heavy atom. The van der Waals surface area contributed by atoms with Gasteiger partial charge in [0.2, 0.25) is 0 Å². The molecule has 21 heavy (non-hydrogen) atoms. The smallest absolute Gasteiger partial charge is 0.141 e. The molecule has 0 fully saturated rings. The minimum atomic E-state index is -0.421. The first-order chi connectivity index (χ1) is 10.1. The van der Waals surface area contributed by atoms with E-state index in [9.17, 15) is 9.50 Å². The highest BCUT2D eigenvalue weighted by atomic mass is 35.5.